The van der Waals surface area contributed by atoms with Gasteiger partial charge in [0.1, 0.15) is 0 Å². The quantitative estimate of drug-likeness (QED) is 0.586. The van der Waals surface area contributed by atoms with Crippen molar-refractivity contribution in [3.63, 3.8) is 0 Å². The van der Waals surface area contributed by atoms with E-state index in [1.807, 2.05) is 0 Å². The van der Waals surface area contributed by atoms with E-state index in [0.717, 1.165) is 0 Å². The van der Waals surface area contributed by atoms with E-state index >= 15 is 0 Å². The van der Waals surface area contributed by atoms with Crippen LogP contribution < -0.4 is 16.2 Å². The van der Waals surface area contributed by atoms with Gasteiger partial charge >= 0.3 is 0 Å². The monoisotopic (exact) mass is 332 g/mol. The molecule has 23 heavy (non-hydrogen) atoms. The molecule has 0 atom stereocenters. The molecule has 0 radical (unpaired) electrons. The fourth-order valence-electron chi connectivity index (χ4n) is 2.45. The molecule has 1 aromatic carbocycles. The molecule has 0 saturated heterocycles. The van der Waals surface area contributed by atoms with Crippen molar-refractivity contribution in [1.29, 1.82) is 0 Å². The first-order valence-electron chi connectivity index (χ1n) is 6.45. The molecule has 0 fully saturated rings. The minimum atomic E-state index is -3.95. The lowest BCUT2D eigenvalue weighted by atomic mass is 9.98. The summed E-state index contributed by atoms with van der Waals surface area (Å²) in [5.74, 6) is -1.36. The number of hydrogen-bond donors (Lipinski definition) is 4. The van der Waals surface area contributed by atoms with E-state index in [1.54, 1.807) is 18.3 Å². The zero-order chi connectivity index (χ0) is 16.8. The van der Waals surface area contributed by atoms with Gasteiger partial charge in [-0.1, -0.05) is 0 Å². The van der Waals surface area contributed by atoms with Crippen LogP contribution in [-0.2, 0) is 19.6 Å². The normalized spacial score (nSPS) is 16.0. The second-order valence-corrected chi connectivity index (χ2v) is 6.47. The number of primary sulfonamides is 1. The summed E-state index contributed by atoms with van der Waals surface area (Å²) in [5.41, 5.74) is 6.37. The van der Waals surface area contributed by atoms with E-state index in [2.05, 4.69) is 10.3 Å². The van der Waals surface area contributed by atoms with Crippen LogP contribution in [-0.4, -0.2) is 25.2 Å². The molecule has 2 amide bonds. The topological polar surface area (TPSA) is 148 Å². The summed E-state index contributed by atoms with van der Waals surface area (Å²) < 4.78 is 23.0. The lowest BCUT2D eigenvalue weighted by Crippen LogP contribution is -2.17. The maximum absolute atomic E-state index is 12.3. The third-order valence-electron chi connectivity index (χ3n) is 3.43. The van der Waals surface area contributed by atoms with Gasteiger partial charge in [-0.25, -0.2) is 13.6 Å². The first-order chi connectivity index (χ1) is 10.8. The average Bonchev–Trinajstić information content (AvgIpc) is 3.06. The van der Waals surface area contributed by atoms with Crippen molar-refractivity contribution >= 4 is 38.7 Å². The number of carbonyl (C=O) groups excluding carboxylic acids is 2. The van der Waals surface area contributed by atoms with Gasteiger partial charge in [-0.2, -0.15) is 0 Å². The van der Waals surface area contributed by atoms with Crippen LogP contribution in [0.4, 0.5) is 5.69 Å². The number of benzene rings is 1. The first-order valence-corrected chi connectivity index (χ1v) is 8.00. The molecule has 2 aromatic rings. The predicted molar refractivity (Wildman–Crippen MR) is 83.2 cm³/mol. The molecule has 118 valence electrons. The van der Waals surface area contributed by atoms with E-state index in [9.17, 15) is 18.0 Å². The van der Waals surface area contributed by atoms with Gasteiger partial charge in [-0.15, -0.1) is 0 Å². The van der Waals surface area contributed by atoms with Gasteiger partial charge in [0.25, 0.3) is 11.8 Å². The molecule has 6 N–H and O–H groups in total. The molecule has 1 aromatic heterocycles. The fourth-order valence-corrected chi connectivity index (χ4v) is 2.99. The van der Waals surface area contributed by atoms with Gasteiger partial charge in [-0.3, -0.25) is 9.59 Å². The third-order valence-corrected chi connectivity index (χ3v) is 4.34. The number of nitrogens with one attached hydrogen (secondary N) is 2. The summed E-state index contributed by atoms with van der Waals surface area (Å²) >= 11 is 0. The molecule has 0 spiro atoms. The third kappa shape index (κ3) is 2.51. The number of anilines is 1. The minimum absolute atomic E-state index is 0.000417. The highest BCUT2D eigenvalue weighted by Crippen LogP contribution is 2.37. The number of aromatic nitrogens is 1. The predicted octanol–water partition coefficient (Wildman–Crippen LogP) is 0.0103. The maximum atomic E-state index is 12.3. The summed E-state index contributed by atoms with van der Waals surface area (Å²) in [6.07, 6.45) is 1.58. The van der Waals surface area contributed by atoms with Crippen LogP contribution >= 0.6 is 0 Å². The molecule has 8 nitrogen and oxygen atoms in total. The Bertz CT molecular complexity index is 959. The summed E-state index contributed by atoms with van der Waals surface area (Å²) in [6.45, 7) is 0. The highest BCUT2D eigenvalue weighted by Gasteiger charge is 2.31. The minimum Gasteiger partial charge on any atom is -0.366 e. The number of nitrogens with two attached hydrogens (primary N) is 2. The van der Waals surface area contributed by atoms with Crippen LogP contribution in [0.25, 0.3) is 11.1 Å². The number of amides is 2. The number of H-pyrrole nitrogens is 1. The molecule has 0 saturated carbocycles. The largest absolute Gasteiger partial charge is 0.366 e. The molecule has 0 aliphatic carbocycles. The van der Waals surface area contributed by atoms with Crippen LogP contribution in [0, 0.1) is 0 Å². The highest BCUT2D eigenvalue weighted by molar-refractivity contribution is 7.89. The molecular weight excluding hydrogens is 320 g/mol. The van der Waals surface area contributed by atoms with Crippen molar-refractivity contribution in [2.45, 2.75) is 4.90 Å². The van der Waals surface area contributed by atoms with Crippen molar-refractivity contribution < 1.29 is 18.0 Å². The Morgan fingerprint density at radius 2 is 1.91 bits per heavy atom. The zero-order valence-electron chi connectivity index (χ0n) is 11.7. The standard InChI is InChI=1S/C14H12N4O4S/c15-13(19)12(10-2-1-5-17-10)11-8-6-7(23(16,21)22)3-4-9(8)18-14(11)20/h1-6,17H,(H2,15,19)(H,18,20)(H2,16,21,22). The molecule has 2 heterocycles. The fraction of sp³-hybridized carbons (Fsp3) is 0. The second kappa shape index (κ2) is 5.07. The van der Waals surface area contributed by atoms with E-state index in [1.165, 1.54) is 18.2 Å². The lowest BCUT2D eigenvalue weighted by molar-refractivity contribution is -0.113. The number of sulfonamides is 1. The van der Waals surface area contributed by atoms with Gasteiger partial charge < -0.3 is 16.0 Å². The van der Waals surface area contributed by atoms with Crippen molar-refractivity contribution in [1.82, 2.24) is 4.98 Å². The van der Waals surface area contributed by atoms with Gasteiger partial charge in [0.05, 0.1) is 21.7 Å². The van der Waals surface area contributed by atoms with E-state index in [-0.39, 0.29) is 21.6 Å². The van der Waals surface area contributed by atoms with Crippen molar-refractivity contribution in [3.05, 3.63) is 47.8 Å². The molecule has 1 aliphatic heterocycles. The summed E-state index contributed by atoms with van der Waals surface area (Å²) in [6, 6.07) is 7.16. The first kappa shape index (κ1) is 15.0. The van der Waals surface area contributed by atoms with E-state index in [4.69, 9.17) is 10.9 Å². The second-order valence-electron chi connectivity index (χ2n) is 4.90. The molecular formula is C14H12N4O4S. The zero-order valence-corrected chi connectivity index (χ0v) is 12.5. The van der Waals surface area contributed by atoms with Gasteiger partial charge in [-0.05, 0) is 30.3 Å². The average molecular weight is 332 g/mol. The number of carbonyl (C=O) groups is 2. The SMILES string of the molecule is NC(=O)C(=C1C(=O)Nc2ccc(S(N)(=O)=O)cc21)c1ccc[nH]1. The molecule has 1 aliphatic rings. The number of fused-ring (bicyclic) bond motifs is 1. The van der Waals surface area contributed by atoms with E-state index < -0.39 is 21.8 Å². The van der Waals surface area contributed by atoms with Crippen molar-refractivity contribution in [3.8, 4) is 0 Å². The Hall–Kier alpha value is -2.91. The van der Waals surface area contributed by atoms with Gasteiger partial charge in [0.15, 0.2) is 0 Å². The smallest absolute Gasteiger partial charge is 0.257 e. The Morgan fingerprint density at radius 3 is 2.48 bits per heavy atom. The van der Waals surface area contributed by atoms with Crippen LogP contribution in [0.5, 0.6) is 0 Å². The number of rotatable bonds is 3. The highest BCUT2D eigenvalue weighted by atomic mass is 32.2. The Balaban J connectivity index is 2.32. The van der Waals surface area contributed by atoms with Crippen molar-refractivity contribution in [2.24, 2.45) is 10.9 Å². The number of hydrogen-bond acceptors (Lipinski definition) is 4. The lowest BCUT2D eigenvalue weighted by Gasteiger charge is -2.07. The Kier molecular flexibility index (Phi) is 3.31. The van der Waals surface area contributed by atoms with Crippen LogP contribution in [0.1, 0.15) is 11.3 Å². The molecule has 9 heteroatoms. The number of primary amides is 1. The molecule has 0 unspecified atom stereocenters. The van der Waals surface area contributed by atoms with Gasteiger partial charge in [0.2, 0.25) is 10.0 Å². The summed E-state index contributed by atoms with van der Waals surface area (Å²) in [7, 11) is -3.95. The van der Waals surface area contributed by atoms with Crippen molar-refractivity contribution in [2.75, 3.05) is 5.32 Å². The van der Waals surface area contributed by atoms with E-state index in [0.29, 0.717) is 11.4 Å². The summed E-state index contributed by atoms with van der Waals surface area (Å²) in [5, 5.41) is 7.68. The maximum Gasteiger partial charge on any atom is 0.257 e. The summed E-state index contributed by atoms with van der Waals surface area (Å²) in [4.78, 5) is 26.7. The molecule has 0 bridgehead atoms. The van der Waals surface area contributed by atoms with Crippen LogP contribution in [0.15, 0.2) is 41.4 Å². The number of aromatic amines is 1. The van der Waals surface area contributed by atoms with Crippen LogP contribution in [0.2, 0.25) is 0 Å². The van der Waals surface area contributed by atoms with Gasteiger partial charge in [0, 0.05) is 17.4 Å². The Labute approximate surface area is 131 Å². The Morgan fingerprint density at radius 1 is 1.17 bits per heavy atom. The molecule has 3 rings (SSSR count). The van der Waals surface area contributed by atoms with Crippen LogP contribution in [0.3, 0.4) is 0 Å².